The van der Waals surface area contributed by atoms with E-state index in [4.69, 9.17) is 5.11 Å². The van der Waals surface area contributed by atoms with Crippen LogP contribution in [0.25, 0.3) is 0 Å². The molecule has 5 heteroatoms. The molecule has 0 fully saturated rings. The summed E-state index contributed by atoms with van der Waals surface area (Å²) < 4.78 is 0. The third kappa shape index (κ3) is 5.56. The summed E-state index contributed by atoms with van der Waals surface area (Å²) in [5.41, 5.74) is 0. The van der Waals surface area contributed by atoms with Crippen molar-refractivity contribution in [2.75, 3.05) is 13.1 Å². The molecule has 100 valence electrons. The Labute approximate surface area is 103 Å². The molecular formula is C12H24N2O3. The maximum Gasteiger partial charge on any atom is 0.323 e. The summed E-state index contributed by atoms with van der Waals surface area (Å²) in [4.78, 5) is 23.7. The summed E-state index contributed by atoms with van der Waals surface area (Å²) in [6.45, 7) is 8.05. The van der Waals surface area contributed by atoms with Gasteiger partial charge in [-0.1, -0.05) is 26.7 Å². The topological polar surface area (TPSA) is 69.6 Å². The predicted molar refractivity (Wildman–Crippen MR) is 66.9 cm³/mol. The molecule has 0 saturated heterocycles. The molecular weight excluding hydrogens is 220 g/mol. The van der Waals surface area contributed by atoms with Crippen molar-refractivity contribution in [3.05, 3.63) is 0 Å². The van der Waals surface area contributed by atoms with Crippen LogP contribution in [0.3, 0.4) is 0 Å². The highest BCUT2D eigenvalue weighted by molar-refractivity contribution is 5.80. The third-order valence-corrected chi connectivity index (χ3v) is 3.10. The van der Waals surface area contributed by atoms with E-state index < -0.39 is 5.97 Å². The van der Waals surface area contributed by atoms with Crippen LogP contribution in [0.4, 0.5) is 4.79 Å². The van der Waals surface area contributed by atoms with Crippen LogP contribution in [-0.4, -0.2) is 41.1 Å². The maximum absolute atomic E-state index is 11.8. The minimum Gasteiger partial charge on any atom is -0.480 e. The van der Waals surface area contributed by atoms with E-state index in [1.165, 1.54) is 4.90 Å². The number of nitrogens with zero attached hydrogens (tertiary/aromatic N) is 1. The zero-order valence-corrected chi connectivity index (χ0v) is 11.2. The standard InChI is InChI=1S/C12H24N2O3/c1-5-10(6-2)9(4)13-12(17)14(7-3)8-11(15)16/h9-10H,5-8H2,1-4H3,(H,13,17)(H,15,16). The van der Waals surface area contributed by atoms with Gasteiger partial charge in [-0.2, -0.15) is 0 Å². The molecule has 0 spiro atoms. The van der Waals surface area contributed by atoms with Crippen LogP contribution in [0.2, 0.25) is 0 Å². The van der Waals surface area contributed by atoms with Gasteiger partial charge in [-0.15, -0.1) is 0 Å². The van der Waals surface area contributed by atoms with Crippen molar-refractivity contribution in [2.45, 2.75) is 46.6 Å². The lowest BCUT2D eigenvalue weighted by Crippen LogP contribution is -2.47. The summed E-state index contributed by atoms with van der Waals surface area (Å²) in [6.07, 6.45) is 2.01. The second kappa shape index (κ2) is 7.92. The van der Waals surface area contributed by atoms with Gasteiger partial charge in [0.2, 0.25) is 0 Å². The Morgan fingerprint density at radius 1 is 1.24 bits per heavy atom. The van der Waals surface area contributed by atoms with Gasteiger partial charge in [0, 0.05) is 12.6 Å². The van der Waals surface area contributed by atoms with Crippen molar-refractivity contribution in [3.63, 3.8) is 0 Å². The Kier molecular flexibility index (Phi) is 7.34. The Hall–Kier alpha value is -1.26. The fourth-order valence-corrected chi connectivity index (χ4v) is 1.89. The number of likely N-dealkylation sites (N-methyl/N-ethyl adjacent to an activating group) is 1. The van der Waals surface area contributed by atoms with E-state index in [9.17, 15) is 9.59 Å². The van der Waals surface area contributed by atoms with Crippen molar-refractivity contribution < 1.29 is 14.7 Å². The first-order chi connectivity index (χ1) is 7.96. The van der Waals surface area contributed by atoms with Gasteiger partial charge in [-0.05, 0) is 19.8 Å². The van der Waals surface area contributed by atoms with E-state index in [0.717, 1.165) is 12.8 Å². The Morgan fingerprint density at radius 3 is 2.12 bits per heavy atom. The second-order valence-corrected chi connectivity index (χ2v) is 4.22. The van der Waals surface area contributed by atoms with Gasteiger partial charge in [0.15, 0.2) is 0 Å². The molecule has 0 aromatic heterocycles. The number of nitrogens with one attached hydrogen (secondary N) is 1. The highest BCUT2D eigenvalue weighted by Gasteiger charge is 2.20. The normalized spacial score (nSPS) is 12.3. The fourth-order valence-electron chi connectivity index (χ4n) is 1.89. The van der Waals surface area contributed by atoms with Gasteiger partial charge in [-0.3, -0.25) is 4.79 Å². The summed E-state index contributed by atoms with van der Waals surface area (Å²) in [5, 5.41) is 11.5. The number of carboxylic acid groups (broad SMARTS) is 1. The predicted octanol–water partition coefficient (Wildman–Crippen LogP) is 1.93. The van der Waals surface area contributed by atoms with Crippen LogP contribution in [0.15, 0.2) is 0 Å². The summed E-state index contributed by atoms with van der Waals surface area (Å²) in [5.74, 6) is -0.556. The fraction of sp³-hybridized carbons (Fsp3) is 0.833. The molecule has 5 nitrogen and oxygen atoms in total. The number of aliphatic carboxylic acids is 1. The number of carbonyl (C=O) groups is 2. The van der Waals surface area contributed by atoms with Crippen molar-refractivity contribution in [1.82, 2.24) is 10.2 Å². The van der Waals surface area contributed by atoms with E-state index in [1.54, 1.807) is 6.92 Å². The molecule has 0 aromatic rings. The number of carbonyl (C=O) groups excluding carboxylic acids is 1. The van der Waals surface area contributed by atoms with Crippen LogP contribution >= 0.6 is 0 Å². The molecule has 0 aromatic carbocycles. The Bertz CT molecular complexity index is 252. The molecule has 1 unspecified atom stereocenters. The van der Waals surface area contributed by atoms with E-state index in [0.29, 0.717) is 12.5 Å². The molecule has 0 saturated carbocycles. The molecule has 2 amide bonds. The summed E-state index contributed by atoms with van der Waals surface area (Å²) in [7, 11) is 0. The van der Waals surface area contributed by atoms with Crippen molar-refractivity contribution in [3.8, 4) is 0 Å². The van der Waals surface area contributed by atoms with Crippen molar-refractivity contribution >= 4 is 12.0 Å². The Balaban J connectivity index is 4.34. The van der Waals surface area contributed by atoms with E-state index in [-0.39, 0.29) is 18.6 Å². The first-order valence-electron chi connectivity index (χ1n) is 6.23. The molecule has 0 aliphatic rings. The van der Waals surface area contributed by atoms with Crippen LogP contribution in [0.1, 0.15) is 40.5 Å². The molecule has 1 atom stereocenters. The molecule has 0 aliphatic heterocycles. The van der Waals surface area contributed by atoms with Crippen molar-refractivity contribution in [2.24, 2.45) is 5.92 Å². The minimum absolute atomic E-state index is 0.0698. The largest absolute Gasteiger partial charge is 0.480 e. The van der Waals surface area contributed by atoms with Crippen LogP contribution < -0.4 is 5.32 Å². The van der Waals surface area contributed by atoms with Crippen LogP contribution in [-0.2, 0) is 4.79 Å². The average molecular weight is 244 g/mol. The van der Waals surface area contributed by atoms with Gasteiger partial charge < -0.3 is 15.3 Å². The number of hydrogen-bond donors (Lipinski definition) is 2. The number of urea groups is 1. The van der Waals surface area contributed by atoms with E-state index in [1.807, 2.05) is 6.92 Å². The lowest BCUT2D eigenvalue weighted by molar-refractivity contribution is -0.137. The molecule has 0 bridgehead atoms. The monoisotopic (exact) mass is 244 g/mol. The first kappa shape index (κ1) is 15.7. The second-order valence-electron chi connectivity index (χ2n) is 4.22. The molecule has 0 rings (SSSR count). The number of hydrogen-bond acceptors (Lipinski definition) is 2. The van der Waals surface area contributed by atoms with Crippen LogP contribution in [0, 0.1) is 5.92 Å². The minimum atomic E-state index is -0.989. The Morgan fingerprint density at radius 2 is 1.76 bits per heavy atom. The molecule has 17 heavy (non-hydrogen) atoms. The van der Waals surface area contributed by atoms with E-state index in [2.05, 4.69) is 19.2 Å². The van der Waals surface area contributed by atoms with Gasteiger partial charge >= 0.3 is 12.0 Å². The zero-order chi connectivity index (χ0) is 13.4. The molecule has 2 N–H and O–H groups in total. The highest BCUT2D eigenvalue weighted by atomic mass is 16.4. The highest BCUT2D eigenvalue weighted by Crippen LogP contribution is 2.12. The van der Waals surface area contributed by atoms with Gasteiger partial charge in [0.05, 0.1) is 0 Å². The van der Waals surface area contributed by atoms with Gasteiger partial charge in [-0.25, -0.2) is 4.79 Å². The summed E-state index contributed by atoms with van der Waals surface area (Å²) >= 11 is 0. The van der Waals surface area contributed by atoms with Crippen LogP contribution in [0.5, 0.6) is 0 Å². The first-order valence-corrected chi connectivity index (χ1v) is 6.23. The van der Waals surface area contributed by atoms with Crippen molar-refractivity contribution in [1.29, 1.82) is 0 Å². The number of carboxylic acids is 1. The maximum atomic E-state index is 11.8. The average Bonchev–Trinajstić information content (AvgIpc) is 2.26. The van der Waals surface area contributed by atoms with Gasteiger partial charge in [0.25, 0.3) is 0 Å². The zero-order valence-electron chi connectivity index (χ0n) is 11.2. The molecule has 0 heterocycles. The lowest BCUT2D eigenvalue weighted by atomic mass is 9.96. The smallest absolute Gasteiger partial charge is 0.323 e. The molecule has 0 radical (unpaired) electrons. The van der Waals surface area contributed by atoms with Gasteiger partial charge in [0.1, 0.15) is 6.54 Å². The lowest BCUT2D eigenvalue weighted by Gasteiger charge is -2.26. The summed E-state index contributed by atoms with van der Waals surface area (Å²) in [6, 6.07) is -0.227. The van der Waals surface area contributed by atoms with E-state index >= 15 is 0 Å². The molecule has 0 aliphatic carbocycles. The quantitative estimate of drug-likeness (QED) is 0.719. The number of amides is 2. The third-order valence-electron chi connectivity index (χ3n) is 3.10. The number of rotatable bonds is 7. The SMILES string of the molecule is CCC(CC)C(C)NC(=O)N(CC)CC(=O)O.